The largest absolute Gasteiger partial charge is 0.397 e. The molecule has 0 aromatic heterocycles. The number of nitrogens with two attached hydrogens (primary N) is 1. The van der Waals surface area contributed by atoms with Gasteiger partial charge in [-0.3, -0.25) is 10.1 Å². The molecule has 1 fully saturated rings. The van der Waals surface area contributed by atoms with Gasteiger partial charge in [-0.25, -0.2) is 0 Å². The third-order valence-electron chi connectivity index (χ3n) is 4.84. The molecule has 0 radical (unpaired) electrons. The number of rotatable bonds is 3. The minimum atomic E-state index is -0.307. The van der Waals surface area contributed by atoms with Gasteiger partial charge >= 0.3 is 0 Å². The molecular formula is C22H33N5O2. The number of nitro benzene ring substituents is 1. The number of nitrogen functional groups attached to an aromatic ring is 1. The lowest BCUT2D eigenvalue weighted by Gasteiger charge is -2.29. The fraction of sp³-hybridized carbons (Fsp3) is 0.455. The first-order valence-corrected chi connectivity index (χ1v) is 10.2. The molecular weight excluding hydrogens is 366 g/mol. The minimum absolute atomic E-state index is 0.153. The molecule has 158 valence electrons. The standard InChI is InChI=1S/C19H25N5O2.C3H8/c1-21-10-12-22(17-7-3-2-6-16(17)20)14-15-23(13-11-21)18-8-4-5-9-19(18)24(25)26;1-3-2/h2-9H,10-15,20H2,1H3;3H2,1-2H3. The van der Waals surface area contributed by atoms with Gasteiger partial charge in [-0.1, -0.05) is 44.5 Å². The van der Waals surface area contributed by atoms with E-state index in [1.54, 1.807) is 12.1 Å². The molecule has 0 bridgehead atoms. The third kappa shape index (κ3) is 6.35. The van der Waals surface area contributed by atoms with Gasteiger partial charge < -0.3 is 20.4 Å². The SMILES string of the molecule is CCC.CN1CCN(c2ccccc2N)CCN(c2ccccc2[N+](=O)[O-])CC1. The summed E-state index contributed by atoms with van der Waals surface area (Å²) in [7, 11) is 2.08. The summed E-state index contributed by atoms with van der Waals surface area (Å²) in [6.45, 7) is 9.10. The Morgan fingerprint density at radius 3 is 1.86 bits per heavy atom. The Balaban J connectivity index is 0.000000941. The highest BCUT2D eigenvalue weighted by Crippen LogP contribution is 2.28. The first-order chi connectivity index (χ1) is 14.0. The van der Waals surface area contributed by atoms with Crippen molar-refractivity contribution in [1.82, 2.24) is 4.90 Å². The fourth-order valence-electron chi connectivity index (χ4n) is 3.30. The zero-order chi connectivity index (χ0) is 21.2. The van der Waals surface area contributed by atoms with E-state index in [1.165, 1.54) is 6.42 Å². The molecule has 7 heteroatoms. The van der Waals surface area contributed by atoms with Crippen LogP contribution in [-0.4, -0.2) is 56.1 Å². The number of benzene rings is 2. The van der Waals surface area contributed by atoms with Crippen LogP contribution in [0.25, 0.3) is 0 Å². The molecule has 1 aliphatic heterocycles. The topological polar surface area (TPSA) is 78.9 Å². The Kier molecular flexibility index (Phi) is 8.73. The average Bonchev–Trinajstić information content (AvgIpc) is 2.80. The van der Waals surface area contributed by atoms with E-state index in [4.69, 9.17) is 5.73 Å². The second-order valence-corrected chi connectivity index (χ2v) is 7.29. The van der Waals surface area contributed by atoms with Crippen LogP contribution in [-0.2, 0) is 0 Å². The van der Waals surface area contributed by atoms with E-state index in [0.717, 1.165) is 44.1 Å². The molecule has 0 spiro atoms. The Morgan fingerprint density at radius 2 is 1.31 bits per heavy atom. The highest BCUT2D eigenvalue weighted by molar-refractivity contribution is 5.68. The van der Waals surface area contributed by atoms with E-state index >= 15 is 0 Å². The third-order valence-corrected chi connectivity index (χ3v) is 4.84. The van der Waals surface area contributed by atoms with E-state index in [-0.39, 0.29) is 10.6 Å². The van der Waals surface area contributed by atoms with Gasteiger partial charge in [0.1, 0.15) is 5.69 Å². The smallest absolute Gasteiger partial charge is 0.292 e. The zero-order valence-electron chi connectivity index (χ0n) is 17.8. The van der Waals surface area contributed by atoms with Crippen molar-refractivity contribution in [2.75, 3.05) is 61.8 Å². The first kappa shape index (κ1) is 22.5. The van der Waals surface area contributed by atoms with Crippen molar-refractivity contribution in [3.8, 4) is 0 Å². The highest BCUT2D eigenvalue weighted by atomic mass is 16.6. The van der Waals surface area contributed by atoms with Crippen molar-refractivity contribution >= 4 is 22.7 Å². The number of anilines is 3. The Hall–Kier alpha value is -2.80. The molecule has 1 heterocycles. The van der Waals surface area contributed by atoms with Crippen molar-refractivity contribution in [3.05, 3.63) is 58.6 Å². The van der Waals surface area contributed by atoms with Crippen molar-refractivity contribution in [3.63, 3.8) is 0 Å². The number of para-hydroxylation sites is 4. The van der Waals surface area contributed by atoms with Crippen LogP contribution < -0.4 is 15.5 Å². The molecule has 2 aromatic carbocycles. The summed E-state index contributed by atoms with van der Waals surface area (Å²) >= 11 is 0. The molecule has 1 aliphatic rings. The lowest BCUT2D eigenvalue weighted by atomic mass is 10.2. The summed E-state index contributed by atoms with van der Waals surface area (Å²) in [4.78, 5) is 17.7. The van der Waals surface area contributed by atoms with Gasteiger partial charge in [0.15, 0.2) is 0 Å². The van der Waals surface area contributed by atoms with E-state index in [1.807, 2.05) is 36.4 Å². The van der Waals surface area contributed by atoms with Crippen LogP contribution >= 0.6 is 0 Å². The summed E-state index contributed by atoms with van der Waals surface area (Å²) in [6.07, 6.45) is 1.25. The number of hydrogen-bond donors (Lipinski definition) is 1. The number of nitro groups is 1. The quantitative estimate of drug-likeness (QED) is 0.480. The molecule has 0 aliphatic carbocycles. The monoisotopic (exact) mass is 399 g/mol. The molecule has 0 atom stereocenters. The highest BCUT2D eigenvalue weighted by Gasteiger charge is 2.21. The van der Waals surface area contributed by atoms with Gasteiger partial charge in [-0.05, 0) is 25.2 Å². The molecule has 7 nitrogen and oxygen atoms in total. The van der Waals surface area contributed by atoms with Crippen molar-refractivity contribution in [2.24, 2.45) is 0 Å². The first-order valence-electron chi connectivity index (χ1n) is 10.2. The second-order valence-electron chi connectivity index (χ2n) is 7.29. The van der Waals surface area contributed by atoms with Gasteiger partial charge in [0.05, 0.1) is 16.3 Å². The molecule has 2 N–H and O–H groups in total. The van der Waals surface area contributed by atoms with E-state index in [2.05, 4.69) is 35.6 Å². The van der Waals surface area contributed by atoms with Gasteiger partial charge in [0, 0.05) is 45.3 Å². The van der Waals surface area contributed by atoms with Crippen LogP contribution in [0.2, 0.25) is 0 Å². The van der Waals surface area contributed by atoms with Crippen LogP contribution in [0, 0.1) is 10.1 Å². The molecule has 1 saturated heterocycles. The van der Waals surface area contributed by atoms with E-state index < -0.39 is 0 Å². The maximum Gasteiger partial charge on any atom is 0.292 e. The Bertz CT molecular complexity index is 783. The number of hydrogen-bond acceptors (Lipinski definition) is 6. The zero-order valence-corrected chi connectivity index (χ0v) is 17.8. The predicted octanol–water partition coefficient (Wildman–Crippen LogP) is 3.85. The predicted molar refractivity (Wildman–Crippen MR) is 122 cm³/mol. The van der Waals surface area contributed by atoms with Gasteiger partial charge in [0.25, 0.3) is 5.69 Å². The molecule has 3 rings (SSSR count). The lowest BCUT2D eigenvalue weighted by Crippen LogP contribution is -2.36. The van der Waals surface area contributed by atoms with Gasteiger partial charge in [-0.2, -0.15) is 0 Å². The van der Waals surface area contributed by atoms with Crippen LogP contribution in [0.15, 0.2) is 48.5 Å². The van der Waals surface area contributed by atoms with Crippen LogP contribution in [0.3, 0.4) is 0 Å². The van der Waals surface area contributed by atoms with Crippen molar-refractivity contribution in [2.45, 2.75) is 20.3 Å². The van der Waals surface area contributed by atoms with Crippen molar-refractivity contribution in [1.29, 1.82) is 0 Å². The summed E-state index contributed by atoms with van der Waals surface area (Å²) in [6, 6.07) is 14.8. The maximum atomic E-state index is 11.4. The fourth-order valence-corrected chi connectivity index (χ4v) is 3.30. The van der Waals surface area contributed by atoms with Crippen LogP contribution in [0.1, 0.15) is 20.3 Å². The van der Waals surface area contributed by atoms with E-state index in [0.29, 0.717) is 12.2 Å². The molecule has 2 aromatic rings. The molecule has 0 amide bonds. The number of likely N-dealkylation sites (N-methyl/N-ethyl adjacent to an activating group) is 1. The molecule has 29 heavy (non-hydrogen) atoms. The maximum absolute atomic E-state index is 11.4. The summed E-state index contributed by atoms with van der Waals surface area (Å²) in [5, 5.41) is 11.4. The normalized spacial score (nSPS) is 15.6. The number of nitrogens with zero attached hydrogens (tertiary/aromatic N) is 4. The molecule has 0 saturated carbocycles. The van der Waals surface area contributed by atoms with Crippen LogP contribution in [0.5, 0.6) is 0 Å². The Morgan fingerprint density at radius 1 is 0.862 bits per heavy atom. The summed E-state index contributed by atoms with van der Waals surface area (Å²) < 4.78 is 0. The second kappa shape index (κ2) is 11.3. The summed E-state index contributed by atoms with van der Waals surface area (Å²) in [5.41, 5.74) is 8.77. The van der Waals surface area contributed by atoms with Gasteiger partial charge in [-0.15, -0.1) is 0 Å². The summed E-state index contributed by atoms with van der Waals surface area (Å²) in [5.74, 6) is 0. The molecule has 0 unspecified atom stereocenters. The minimum Gasteiger partial charge on any atom is -0.397 e. The Labute approximate surface area is 173 Å². The van der Waals surface area contributed by atoms with Crippen LogP contribution in [0.4, 0.5) is 22.7 Å². The van der Waals surface area contributed by atoms with Crippen molar-refractivity contribution < 1.29 is 4.92 Å². The van der Waals surface area contributed by atoms with E-state index in [9.17, 15) is 10.1 Å². The average molecular weight is 400 g/mol. The van der Waals surface area contributed by atoms with Gasteiger partial charge in [0.2, 0.25) is 0 Å². The lowest BCUT2D eigenvalue weighted by molar-refractivity contribution is -0.384.